The Kier molecular flexibility index (Phi) is 7.38. The van der Waals surface area contributed by atoms with Gasteiger partial charge in [0.1, 0.15) is 23.0 Å². The average molecular weight is 617 g/mol. The molecule has 2 aromatic heterocycles. The molecule has 44 heavy (non-hydrogen) atoms. The number of nitrogens with zero attached hydrogens (tertiary/aromatic N) is 6. The molecular formula is C33H44N8O2S. The highest BCUT2D eigenvalue weighted by Crippen LogP contribution is 2.52. The number of allylic oxidation sites excluding steroid dienone is 1. The van der Waals surface area contributed by atoms with Crippen LogP contribution in [0.4, 0.5) is 10.8 Å². The van der Waals surface area contributed by atoms with E-state index in [0.29, 0.717) is 58.8 Å². The SMILES string of the molecule is C[C@H](Oc1cc(N2CCN(C)C3(CC3)C2)nc(C(N)=C2CCC[C@@]3(CCCc4sc(N)c(C#N)c43)C2=O)n1)[C@@H]1CCCN1C. The number of likely N-dealkylation sites (N-methyl/N-ethyl adjacent to an activating group) is 2. The first kappa shape index (κ1) is 29.5. The fourth-order valence-electron chi connectivity index (χ4n) is 8.41. The normalized spacial score (nSPS) is 28.6. The molecule has 7 rings (SSSR count). The van der Waals surface area contributed by atoms with Crippen LogP contribution >= 0.6 is 11.3 Å². The first-order chi connectivity index (χ1) is 21.2. The minimum absolute atomic E-state index is 0.00505. The molecule has 3 atom stereocenters. The topological polar surface area (TPSA) is 138 Å². The van der Waals surface area contributed by atoms with E-state index in [1.54, 1.807) is 0 Å². The van der Waals surface area contributed by atoms with Crippen molar-refractivity contribution in [3.8, 4) is 11.9 Å². The number of ketones is 1. The van der Waals surface area contributed by atoms with Crippen LogP contribution in [0.2, 0.25) is 0 Å². The zero-order valence-corrected chi connectivity index (χ0v) is 27.0. The third-order valence-electron chi connectivity index (χ3n) is 11.2. The maximum absolute atomic E-state index is 14.6. The molecule has 3 aliphatic carbocycles. The van der Waals surface area contributed by atoms with E-state index >= 15 is 0 Å². The summed E-state index contributed by atoms with van der Waals surface area (Å²) < 4.78 is 6.54. The fraction of sp³-hybridized carbons (Fsp3) is 0.636. The van der Waals surface area contributed by atoms with Gasteiger partial charge >= 0.3 is 0 Å². The Morgan fingerprint density at radius 3 is 2.61 bits per heavy atom. The molecule has 2 aromatic rings. The molecule has 0 radical (unpaired) electrons. The van der Waals surface area contributed by atoms with Gasteiger partial charge in [-0.05, 0) is 97.3 Å². The van der Waals surface area contributed by atoms with Crippen molar-refractivity contribution >= 4 is 33.6 Å². The first-order valence-electron chi connectivity index (χ1n) is 16.2. The molecule has 11 heteroatoms. The third-order valence-corrected chi connectivity index (χ3v) is 12.3. The summed E-state index contributed by atoms with van der Waals surface area (Å²) in [7, 11) is 4.36. The number of piperazine rings is 1. The van der Waals surface area contributed by atoms with Gasteiger partial charge < -0.3 is 21.1 Å². The number of thiophene rings is 1. The Labute approximate surface area is 264 Å². The van der Waals surface area contributed by atoms with Crippen LogP contribution < -0.4 is 21.1 Å². The predicted octanol–water partition coefficient (Wildman–Crippen LogP) is 3.83. The van der Waals surface area contributed by atoms with Crippen molar-refractivity contribution in [3.63, 3.8) is 0 Å². The second-order valence-corrected chi connectivity index (χ2v) is 14.9. The quantitative estimate of drug-likeness (QED) is 0.477. The van der Waals surface area contributed by atoms with Gasteiger partial charge in [0, 0.05) is 47.7 Å². The van der Waals surface area contributed by atoms with Gasteiger partial charge in [-0.2, -0.15) is 10.2 Å². The lowest BCUT2D eigenvalue weighted by Crippen LogP contribution is -2.53. The van der Waals surface area contributed by atoms with E-state index < -0.39 is 5.41 Å². The van der Waals surface area contributed by atoms with E-state index in [2.05, 4.69) is 41.8 Å². The summed E-state index contributed by atoms with van der Waals surface area (Å²) in [4.78, 5) is 32.7. The Balaban J connectivity index is 1.28. The molecule has 2 aliphatic heterocycles. The number of hydrogen-bond donors (Lipinski definition) is 2. The molecule has 10 nitrogen and oxygen atoms in total. The maximum atomic E-state index is 14.6. The summed E-state index contributed by atoms with van der Waals surface area (Å²) in [6.45, 7) is 5.89. The van der Waals surface area contributed by atoms with Crippen LogP contribution in [0.25, 0.3) is 5.70 Å². The summed E-state index contributed by atoms with van der Waals surface area (Å²) in [5, 5.41) is 10.5. The van der Waals surface area contributed by atoms with E-state index in [9.17, 15) is 10.1 Å². The number of carbonyl (C=O) groups excluding carboxylic acids is 1. The highest BCUT2D eigenvalue weighted by molar-refractivity contribution is 7.16. The lowest BCUT2D eigenvalue weighted by molar-refractivity contribution is -0.122. The van der Waals surface area contributed by atoms with Crippen LogP contribution in [0.15, 0.2) is 11.6 Å². The zero-order chi connectivity index (χ0) is 30.8. The van der Waals surface area contributed by atoms with Crippen molar-refractivity contribution in [1.82, 2.24) is 19.8 Å². The average Bonchev–Trinajstić information content (AvgIpc) is 3.51. The molecule has 2 spiro atoms. The van der Waals surface area contributed by atoms with Gasteiger partial charge in [-0.15, -0.1) is 11.3 Å². The molecule has 0 unspecified atom stereocenters. The molecule has 2 saturated carbocycles. The number of carbonyl (C=O) groups is 1. The van der Waals surface area contributed by atoms with Crippen LogP contribution in [0, 0.1) is 11.3 Å². The number of likely N-dealkylation sites (tertiary alicyclic amines) is 1. The molecule has 2 saturated heterocycles. The maximum Gasteiger partial charge on any atom is 0.219 e. The van der Waals surface area contributed by atoms with Gasteiger partial charge in [-0.3, -0.25) is 14.6 Å². The van der Waals surface area contributed by atoms with E-state index in [1.165, 1.54) is 24.2 Å². The third kappa shape index (κ3) is 4.77. The van der Waals surface area contributed by atoms with Crippen LogP contribution in [-0.2, 0) is 16.6 Å². The lowest BCUT2D eigenvalue weighted by atomic mass is 9.61. The molecular weight excluding hydrogens is 572 g/mol. The number of anilines is 2. The standard InChI is InChI=1S/C33H44N8O2S/c1-20(23-8-6-14-39(23)2)43-26-17-25(41-16-15-40(3)32(19-41)12-13-32)37-31(38-26)28(35)21-7-4-10-33(29(21)42)11-5-9-24-27(33)22(18-34)30(36)44-24/h17,20,23H,4-16,19,35-36H2,1-3H3/t20-,23-,33-/m0/s1. The Bertz CT molecular complexity index is 1560. The van der Waals surface area contributed by atoms with Gasteiger partial charge in [0.15, 0.2) is 11.6 Å². The molecule has 5 aliphatic rings. The number of aromatic nitrogens is 2. The molecule has 4 heterocycles. The number of nitriles is 1. The van der Waals surface area contributed by atoms with Crippen molar-refractivity contribution in [2.24, 2.45) is 5.73 Å². The number of ether oxygens (including phenoxy) is 1. The molecule has 4 fully saturated rings. The number of hydrogen-bond acceptors (Lipinski definition) is 11. The van der Waals surface area contributed by atoms with Crippen LogP contribution in [0.5, 0.6) is 5.88 Å². The van der Waals surface area contributed by atoms with Crippen molar-refractivity contribution < 1.29 is 9.53 Å². The highest BCUT2D eigenvalue weighted by atomic mass is 32.1. The van der Waals surface area contributed by atoms with Gasteiger partial charge in [-0.25, -0.2) is 4.98 Å². The number of aryl methyl sites for hydroxylation is 1. The Morgan fingerprint density at radius 2 is 1.91 bits per heavy atom. The number of Topliss-reactive ketones (excluding diaryl/α,β-unsaturated/α-hetero) is 1. The number of nitrogens with two attached hydrogens (primary N) is 2. The lowest BCUT2D eigenvalue weighted by Gasteiger charge is -2.41. The number of rotatable bonds is 5. The zero-order valence-electron chi connectivity index (χ0n) is 26.2. The van der Waals surface area contributed by atoms with E-state index in [4.69, 9.17) is 26.2 Å². The molecule has 0 bridgehead atoms. The van der Waals surface area contributed by atoms with Gasteiger partial charge in [0.25, 0.3) is 0 Å². The van der Waals surface area contributed by atoms with Crippen molar-refractivity contribution in [2.75, 3.05) is 50.9 Å². The monoisotopic (exact) mass is 616 g/mol. The van der Waals surface area contributed by atoms with Crippen LogP contribution in [-0.4, -0.2) is 83.5 Å². The minimum Gasteiger partial charge on any atom is -0.473 e. The summed E-state index contributed by atoms with van der Waals surface area (Å²) in [6, 6.07) is 4.59. The van der Waals surface area contributed by atoms with Crippen molar-refractivity contribution in [3.05, 3.63) is 33.5 Å². The van der Waals surface area contributed by atoms with Gasteiger partial charge in [0.05, 0.1) is 16.7 Å². The summed E-state index contributed by atoms with van der Waals surface area (Å²) >= 11 is 1.46. The molecule has 4 N–H and O–H groups in total. The first-order valence-corrected chi connectivity index (χ1v) is 17.0. The van der Waals surface area contributed by atoms with Crippen LogP contribution in [0.1, 0.15) is 86.5 Å². The molecule has 0 amide bonds. The Hall–Kier alpha value is -3.20. The van der Waals surface area contributed by atoms with E-state index in [1.807, 2.05) is 6.07 Å². The molecule has 234 valence electrons. The van der Waals surface area contributed by atoms with Crippen molar-refractivity contribution in [2.45, 2.75) is 94.2 Å². The summed E-state index contributed by atoms with van der Waals surface area (Å²) in [5.41, 5.74) is 14.9. The highest BCUT2D eigenvalue weighted by Gasteiger charge is 2.51. The largest absolute Gasteiger partial charge is 0.473 e. The predicted molar refractivity (Wildman–Crippen MR) is 173 cm³/mol. The molecule has 0 aromatic carbocycles. The summed E-state index contributed by atoms with van der Waals surface area (Å²) in [6.07, 6.45) is 9.08. The summed E-state index contributed by atoms with van der Waals surface area (Å²) in [5.74, 6) is 1.66. The number of nitrogen functional groups attached to an aromatic ring is 1. The van der Waals surface area contributed by atoms with Gasteiger partial charge in [-0.1, -0.05) is 0 Å². The van der Waals surface area contributed by atoms with E-state index in [0.717, 1.165) is 74.5 Å². The second kappa shape index (κ2) is 11.0. The van der Waals surface area contributed by atoms with Crippen LogP contribution in [0.3, 0.4) is 0 Å². The minimum atomic E-state index is -0.765. The Morgan fingerprint density at radius 1 is 1.14 bits per heavy atom. The smallest absolute Gasteiger partial charge is 0.219 e. The fourth-order valence-corrected chi connectivity index (χ4v) is 9.58. The van der Waals surface area contributed by atoms with Crippen molar-refractivity contribution in [1.29, 1.82) is 5.26 Å². The van der Waals surface area contributed by atoms with Gasteiger partial charge in [0.2, 0.25) is 5.88 Å². The second-order valence-electron chi connectivity index (χ2n) is 13.7. The van der Waals surface area contributed by atoms with E-state index in [-0.39, 0.29) is 17.4 Å². The number of fused-ring (bicyclic) bond motifs is 2.